The third kappa shape index (κ3) is 3.18. The zero-order valence-corrected chi connectivity index (χ0v) is 12.9. The molecule has 1 N–H and O–H groups in total. The fourth-order valence-electron chi connectivity index (χ4n) is 2.65. The highest BCUT2D eigenvalue weighted by Crippen LogP contribution is 2.26. The molecule has 0 radical (unpaired) electrons. The van der Waals surface area contributed by atoms with Gasteiger partial charge < -0.3 is 14.4 Å². The van der Waals surface area contributed by atoms with Crippen molar-refractivity contribution in [3.8, 4) is 17.1 Å². The summed E-state index contributed by atoms with van der Waals surface area (Å²) in [6, 6.07) is 15.6. The summed E-state index contributed by atoms with van der Waals surface area (Å²) in [5, 5.41) is 8.86. The number of ether oxygens (including phenoxy) is 1. The number of hydrogen-bond donors (Lipinski definition) is 1. The number of carboxylic acids is 1. The van der Waals surface area contributed by atoms with E-state index in [0.717, 1.165) is 28.2 Å². The summed E-state index contributed by atoms with van der Waals surface area (Å²) in [5.41, 5.74) is 2.91. The number of imidazole rings is 1. The number of hydrogen-bond acceptors (Lipinski definition) is 3. The van der Waals surface area contributed by atoms with Crippen molar-refractivity contribution in [1.29, 1.82) is 0 Å². The standard InChI is InChI=1S/C18H18N2O3/c1-23-14-10-8-13(9-11-14)18-19-15-5-2-3-6-16(15)20(18)12-4-7-17(21)22/h2-3,5-6,8-11H,4,7,12H2,1H3,(H,21,22). The molecule has 0 aliphatic heterocycles. The highest BCUT2D eigenvalue weighted by atomic mass is 16.5. The highest BCUT2D eigenvalue weighted by molar-refractivity contribution is 5.80. The van der Waals surface area contributed by atoms with Gasteiger partial charge >= 0.3 is 5.97 Å². The Bertz CT molecular complexity index is 822. The zero-order valence-electron chi connectivity index (χ0n) is 12.9. The summed E-state index contributed by atoms with van der Waals surface area (Å²) in [6.45, 7) is 0.619. The van der Waals surface area contributed by atoms with Crippen molar-refractivity contribution in [3.63, 3.8) is 0 Å². The van der Waals surface area contributed by atoms with Gasteiger partial charge in [0, 0.05) is 18.5 Å². The number of carboxylic acid groups (broad SMARTS) is 1. The SMILES string of the molecule is COc1ccc(-c2nc3ccccc3n2CCCC(=O)O)cc1. The smallest absolute Gasteiger partial charge is 0.303 e. The molecule has 0 saturated carbocycles. The number of nitrogens with zero attached hydrogens (tertiary/aromatic N) is 2. The molecule has 118 valence electrons. The second kappa shape index (κ2) is 6.52. The second-order valence-corrected chi connectivity index (χ2v) is 5.30. The van der Waals surface area contributed by atoms with Crippen LogP contribution in [0.3, 0.4) is 0 Å². The van der Waals surface area contributed by atoms with Crippen molar-refractivity contribution in [1.82, 2.24) is 9.55 Å². The van der Waals surface area contributed by atoms with Crippen LogP contribution in [0.25, 0.3) is 22.4 Å². The summed E-state index contributed by atoms with van der Waals surface area (Å²) < 4.78 is 7.28. The number of aliphatic carboxylic acids is 1. The van der Waals surface area contributed by atoms with Crippen molar-refractivity contribution in [2.24, 2.45) is 0 Å². The van der Waals surface area contributed by atoms with Crippen LogP contribution < -0.4 is 4.74 Å². The number of carbonyl (C=O) groups is 1. The van der Waals surface area contributed by atoms with E-state index in [9.17, 15) is 4.79 Å². The van der Waals surface area contributed by atoms with Crippen LogP contribution in [0.1, 0.15) is 12.8 Å². The van der Waals surface area contributed by atoms with Crippen LogP contribution in [-0.2, 0) is 11.3 Å². The van der Waals surface area contributed by atoms with E-state index in [0.29, 0.717) is 13.0 Å². The molecular formula is C18H18N2O3. The lowest BCUT2D eigenvalue weighted by molar-refractivity contribution is -0.137. The lowest BCUT2D eigenvalue weighted by Crippen LogP contribution is -2.03. The van der Waals surface area contributed by atoms with Gasteiger partial charge in [-0.05, 0) is 42.8 Å². The first-order valence-electron chi connectivity index (χ1n) is 7.50. The number of methoxy groups -OCH3 is 1. The maximum atomic E-state index is 10.8. The maximum Gasteiger partial charge on any atom is 0.303 e. The van der Waals surface area contributed by atoms with Crippen LogP contribution in [0.15, 0.2) is 48.5 Å². The molecule has 0 aliphatic carbocycles. The Kier molecular flexibility index (Phi) is 4.28. The van der Waals surface area contributed by atoms with Gasteiger partial charge in [0.2, 0.25) is 0 Å². The van der Waals surface area contributed by atoms with Gasteiger partial charge in [0.15, 0.2) is 0 Å². The molecule has 0 amide bonds. The molecule has 0 saturated heterocycles. The largest absolute Gasteiger partial charge is 0.497 e. The lowest BCUT2D eigenvalue weighted by atomic mass is 10.2. The zero-order chi connectivity index (χ0) is 16.2. The van der Waals surface area contributed by atoms with Crippen LogP contribution >= 0.6 is 0 Å². The molecule has 23 heavy (non-hydrogen) atoms. The normalized spacial score (nSPS) is 10.8. The molecule has 5 nitrogen and oxygen atoms in total. The van der Waals surface area contributed by atoms with Crippen LogP contribution in [0.2, 0.25) is 0 Å². The number of aryl methyl sites for hydroxylation is 1. The van der Waals surface area contributed by atoms with Crippen molar-refractivity contribution in [3.05, 3.63) is 48.5 Å². The first-order valence-corrected chi connectivity index (χ1v) is 7.50. The Hall–Kier alpha value is -2.82. The van der Waals surface area contributed by atoms with E-state index in [1.807, 2.05) is 48.5 Å². The molecule has 0 spiro atoms. The Balaban J connectivity index is 2.01. The average molecular weight is 310 g/mol. The highest BCUT2D eigenvalue weighted by Gasteiger charge is 2.12. The first kappa shape index (κ1) is 15.1. The topological polar surface area (TPSA) is 64.4 Å². The van der Waals surface area contributed by atoms with Crippen molar-refractivity contribution < 1.29 is 14.6 Å². The van der Waals surface area contributed by atoms with Gasteiger partial charge in [0.05, 0.1) is 18.1 Å². The Morgan fingerprint density at radius 1 is 1.17 bits per heavy atom. The maximum absolute atomic E-state index is 10.8. The van der Waals surface area contributed by atoms with Crippen molar-refractivity contribution in [2.45, 2.75) is 19.4 Å². The lowest BCUT2D eigenvalue weighted by Gasteiger charge is -2.09. The van der Waals surface area contributed by atoms with Gasteiger partial charge in [-0.1, -0.05) is 12.1 Å². The second-order valence-electron chi connectivity index (χ2n) is 5.30. The molecule has 1 aromatic heterocycles. The summed E-state index contributed by atoms with van der Waals surface area (Å²) >= 11 is 0. The number of aromatic nitrogens is 2. The van der Waals surface area contributed by atoms with Crippen molar-refractivity contribution in [2.75, 3.05) is 7.11 Å². The summed E-state index contributed by atoms with van der Waals surface area (Å²) in [7, 11) is 1.64. The third-order valence-corrected chi connectivity index (χ3v) is 3.78. The first-order chi connectivity index (χ1) is 11.2. The fraction of sp³-hybridized carbons (Fsp3) is 0.222. The van der Waals surface area contributed by atoms with E-state index in [-0.39, 0.29) is 6.42 Å². The summed E-state index contributed by atoms with van der Waals surface area (Å²) in [4.78, 5) is 15.5. The molecule has 3 aromatic rings. The number of para-hydroxylation sites is 2. The van der Waals surface area contributed by atoms with Crippen LogP contribution in [-0.4, -0.2) is 27.7 Å². The van der Waals surface area contributed by atoms with Gasteiger partial charge in [0.1, 0.15) is 11.6 Å². The van der Waals surface area contributed by atoms with Crippen molar-refractivity contribution >= 4 is 17.0 Å². The molecule has 0 aliphatic rings. The van der Waals surface area contributed by atoms with Gasteiger partial charge in [-0.15, -0.1) is 0 Å². The molecule has 1 heterocycles. The molecule has 3 rings (SSSR count). The Morgan fingerprint density at radius 2 is 1.91 bits per heavy atom. The predicted octanol–water partition coefficient (Wildman–Crippen LogP) is 3.58. The van der Waals surface area contributed by atoms with E-state index < -0.39 is 5.97 Å². The van der Waals surface area contributed by atoms with Gasteiger partial charge in [-0.2, -0.15) is 0 Å². The molecule has 2 aromatic carbocycles. The van der Waals surface area contributed by atoms with E-state index in [1.165, 1.54) is 0 Å². The van der Waals surface area contributed by atoms with E-state index in [2.05, 4.69) is 4.57 Å². The van der Waals surface area contributed by atoms with E-state index >= 15 is 0 Å². The molecule has 0 atom stereocenters. The molecule has 0 unspecified atom stereocenters. The minimum absolute atomic E-state index is 0.147. The monoisotopic (exact) mass is 310 g/mol. The van der Waals surface area contributed by atoms with Crippen LogP contribution in [0.4, 0.5) is 0 Å². The Labute approximate surface area is 134 Å². The van der Waals surface area contributed by atoms with Gasteiger partial charge in [-0.25, -0.2) is 4.98 Å². The molecule has 0 bridgehead atoms. The average Bonchev–Trinajstić information content (AvgIpc) is 2.93. The summed E-state index contributed by atoms with van der Waals surface area (Å²) in [5.74, 6) is 0.863. The van der Waals surface area contributed by atoms with Crippen LogP contribution in [0.5, 0.6) is 5.75 Å². The van der Waals surface area contributed by atoms with E-state index in [4.69, 9.17) is 14.8 Å². The van der Waals surface area contributed by atoms with E-state index in [1.54, 1.807) is 7.11 Å². The third-order valence-electron chi connectivity index (χ3n) is 3.78. The number of benzene rings is 2. The number of rotatable bonds is 6. The molecular weight excluding hydrogens is 292 g/mol. The minimum atomic E-state index is -0.777. The molecule has 5 heteroatoms. The fourth-order valence-corrected chi connectivity index (χ4v) is 2.65. The quantitative estimate of drug-likeness (QED) is 0.756. The summed E-state index contributed by atoms with van der Waals surface area (Å²) in [6.07, 6.45) is 0.716. The Morgan fingerprint density at radius 3 is 2.61 bits per heavy atom. The molecule has 0 fully saturated rings. The van der Waals surface area contributed by atoms with Gasteiger partial charge in [0.25, 0.3) is 0 Å². The van der Waals surface area contributed by atoms with Gasteiger partial charge in [-0.3, -0.25) is 4.79 Å². The van der Waals surface area contributed by atoms with Crippen LogP contribution in [0, 0.1) is 0 Å². The number of fused-ring (bicyclic) bond motifs is 1. The predicted molar refractivity (Wildman–Crippen MR) is 88.6 cm³/mol. The minimum Gasteiger partial charge on any atom is -0.497 e.